The van der Waals surface area contributed by atoms with Gasteiger partial charge in [0.1, 0.15) is 5.52 Å². The zero-order valence-corrected chi connectivity index (χ0v) is 12.6. The lowest BCUT2D eigenvalue weighted by Crippen LogP contribution is -2.05. The highest BCUT2D eigenvalue weighted by molar-refractivity contribution is 7.99. The van der Waals surface area contributed by atoms with Crippen LogP contribution in [0.15, 0.2) is 17.3 Å². The summed E-state index contributed by atoms with van der Waals surface area (Å²) in [6.07, 6.45) is 1.08. The van der Waals surface area contributed by atoms with Crippen molar-refractivity contribution in [3.63, 3.8) is 0 Å². The number of fused-ring (bicyclic) bond motifs is 1. The van der Waals surface area contributed by atoms with Gasteiger partial charge in [0.25, 0.3) is 0 Å². The molecule has 1 saturated carbocycles. The number of rotatable bonds is 4. The summed E-state index contributed by atoms with van der Waals surface area (Å²) >= 11 is 1.27. The Morgan fingerprint density at radius 2 is 2.20 bits per heavy atom. The fourth-order valence-electron chi connectivity index (χ4n) is 2.44. The van der Waals surface area contributed by atoms with Crippen molar-refractivity contribution in [1.29, 1.82) is 0 Å². The van der Waals surface area contributed by atoms with Crippen LogP contribution in [0.2, 0.25) is 0 Å². The minimum Gasteiger partial charge on any atom is -0.481 e. The van der Waals surface area contributed by atoms with Crippen molar-refractivity contribution in [2.75, 3.05) is 5.75 Å². The van der Waals surface area contributed by atoms with Gasteiger partial charge in [0.05, 0.1) is 5.75 Å². The molecule has 2 aromatic heterocycles. The number of thioether (sulfide) groups is 1. The normalized spacial score (nSPS) is 20.2. The third kappa shape index (κ3) is 2.28. The summed E-state index contributed by atoms with van der Waals surface area (Å²) in [5.41, 5.74) is 2.89. The second-order valence-electron chi connectivity index (χ2n) is 5.95. The molecule has 1 unspecified atom stereocenters. The fraction of sp³-hybridized carbons (Fsp3) is 0.500. The van der Waals surface area contributed by atoms with Gasteiger partial charge in [0.2, 0.25) is 0 Å². The van der Waals surface area contributed by atoms with E-state index in [9.17, 15) is 4.79 Å². The van der Waals surface area contributed by atoms with Crippen LogP contribution in [0.1, 0.15) is 32.0 Å². The Balaban J connectivity index is 2.08. The molecule has 0 amide bonds. The molecule has 20 heavy (non-hydrogen) atoms. The van der Waals surface area contributed by atoms with Gasteiger partial charge in [-0.15, -0.1) is 0 Å². The Morgan fingerprint density at radius 3 is 2.80 bits per heavy atom. The Kier molecular flexibility index (Phi) is 3.01. The highest BCUT2D eigenvalue weighted by Gasteiger charge is 2.48. The molecule has 3 rings (SSSR count). The van der Waals surface area contributed by atoms with E-state index in [2.05, 4.69) is 28.4 Å². The standard InChI is InChI=1S/C14H17N3O2S/c1-8-4-5-9-12(15-8)17(10-6-14(10,2)3)13(16-9)20-7-11(18)19/h4-5,10H,6-7H2,1-3H3,(H,18,19). The summed E-state index contributed by atoms with van der Waals surface area (Å²) in [5.74, 6) is -0.803. The molecule has 1 aliphatic rings. The van der Waals surface area contributed by atoms with E-state index in [0.717, 1.165) is 28.4 Å². The van der Waals surface area contributed by atoms with Crippen LogP contribution >= 0.6 is 11.8 Å². The van der Waals surface area contributed by atoms with Gasteiger partial charge in [-0.25, -0.2) is 9.97 Å². The third-order valence-corrected chi connectivity index (χ3v) is 4.68. The van der Waals surface area contributed by atoms with Crippen LogP contribution in [0, 0.1) is 12.3 Å². The number of pyridine rings is 1. The maximum atomic E-state index is 10.8. The first-order valence-corrected chi connectivity index (χ1v) is 7.57. The molecule has 5 nitrogen and oxygen atoms in total. The molecule has 2 heterocycles. The highest BCUT2D eigenvalue weighted by atomic mass is 32.2. The van der Waals surface area contributed by atoms with Crippen molar-refractivity contribution in [1.82, 2.24) is 14.5 Å². The monoisotopic (exact) mass is 291 g/mol. The van der Waals surface area contributed by atoms with E-state index >= 15 is 0 Å². The number of carboxylic acids is 1. The van der Waals surface area contributed by atoms with Crippen LogP contribution < -0.4 is 0 Å². The summed E-state index contributed by atoms with van der Waals surface area (Å²) < 4.78 is 2.12. The van der Waals surface area contributed by atoms with E-state index in [-0.39, 0.29) is 11.2 Å². The molecule has 1 N–H and O–H groups in total. The second-order valence-corrected chi connectivity index (χ2v) is 6.89. The lowest BCUT2D eigenvalue weighted by molar-refractivity contribution is -0.133. The number of aliphatic carboxylic acids is 1. The van der Waals surface area contributed by atoms with Gasteiger partial charge in [0.15, 0.2) is 10.8 Å². The Labute approximate surface area is 121 Å². The number of hydrogen-bond donors (Lipinski definition) is 1. The smallest absolute Gasteiger partial charge is 0.313 e. The maximum absolute atomic E-state index is 10.8. The summed E-state index contributed by atoms with van der Waals surface area (Å²) in [5, 5.41) is 9.63. The zero-order chi connectivity index (χ0) is 14.5. The number of carbonyl (C=O) groups is 1. The Bertz CT molecular complexity index is 693. The minimum absolute atomic E-state index is 0.0233. The molecule has 0 saturated heterocycles. The molecule has 0 aliphatic heterocycles. The number of aromatic nitrogens is 3. The first kappa shape index (κ1) is 13.4. The number of carboxylic acid groups (broad SMARTS) is 1. The van der Waals surface area contributed by atoms with Crippen LogP contribution in [-0.4, -0.2) is 31.4 Å². The molecule has 0 aromatic carbocycles. The van der Waals surface area contributed by atoms with Crippen molar-refractivity contribution in [2.24, 2.45) is 5.41 Å². The van der Waals surface area contributed by atoms with Crippen LogP contribution in [0.4, 0.5) is 0 Å². The van der Waals surface area contributed by atoms with E-state index < -0.39 is 5.97 Å². The average molecular weight is 291 g/mol. The molecule has 0 spiro atoms. The van der Waals surface area contributed by atoms with Gasteiger partial charge in [-0.3, -0.25) is 9.36 Å². The van der Waals surface area contributed by atoms with E-state index in [1.54, 1.807) is 0 Å². The average Bonchev–Trinajstić information content (AvgIpc) is 2.83. The maximum Gasteiger partial charge on any atom is 0.313 e. The molecule has 6 heteroatoms. The zero-order valence-electron chi connectivity index (χ0n) is 11.8. The minimum atomic E-state index is -0.826. The first-order chi connectivity index (χ1) is 9.38. The molecular formula is C14H17N3O2S. The number of imidazole rings is 1. The van der Waals surface area contributed by atoms with Crippen molar-refractivity contribution < 1.29 is 9.90 Å². The van der Waals surface area contributed by atoms with Crippen molar-refractivity contribution in [3.05, 3.63) is 17.8 Å². The molecule has 1 fully saturated rings. The molecule has 1 aliphatic carbocycles. The summed E-state index contributed by atoms with van der Waals surface area (Å²) in [7, 11) is 0. The molecule has 0 radical (unpaired) electrons. The van der Waals surface area contributed by atoms with Gasteiger partial charge < -0.3 is 5.11 Å². The summed E-state index contributed by atoms with van der Waals surface area (Å²) in [6, 6.07) is 4.25. The van der Waals surface area contributed by atoms with E-state index in [0.29, 0.717) is 6.04 Å². The number of nitrogens with zero attached hydrogens (tertiary/aromatic N) is 3. The largest absolute Gasteiger partial charge is 0.481 e. The lowest BCUT2D eigenvalue weighted by Gasteiger charge is -2.09. The van der Waals surface area contributed by atoms with Crippen LogP contribution in [-0.2, 0) is 4.79 Å². The van der Waals surface area contributed by atoms with Crippen LogP contribution in [0.3, 0.4) is 0 Å². The molecule has 2 aromatic rings. The van der Waals surface area contributed by atoms with Gasteiger partial charge in [-0.2, -0.15) is 0 Å². The highest BCUT2D eigenvalue weighted by Crippen LogP contribution is 2.57. The lowest BCUT2D eigenvalue weighted by atomic mass is 10.2. The van der Waals surface area contributed by atoms with Crippen LogP contribution in [0.5, 0.6) is 0 Å². The molecule has 106 valence electrons. The Hall–Kier alpha value is -1.56. The van der Waals surface area contributed by atoms with Crippen molar-refractivity contribution in [3.8, 4) is 0 Å². The predicted molar refractivity (Wildman–Crippen MR) is 78.1 cm³/mol. The summed E-state index contributed by atoms with van der Waals surface area (Å²) in [6.45, 7) is 6.38. The SMILES string of the molecule is Cc1ccc2nc(SCC(=O)O)n(C3CC3(C)C)c2n1. The van der Waals surface area contributed by atoms with E-state index in [4.69, 9.17) is 5.11 Å². The predicted octanol–water partition coefficient (Wildman–Crippen LogP) is 2.89. The fourth-order valence-corrected chi connectivity index (χ4v) is 3.21. The van der Waals surface area contributed by atoms with Gasteiger partial charge >= 0.3 is 5.97 Å². The van der Waals surface area contributed by atoms with Gasteiger partial charge in [-0.1, -0.05) is 25.6 Å². The van der Waals surface area contributed by atoms with Crippen molar-refractivity contribution >= 4 is 28.9 Å². The topological polar surface area (TPSA) is 68.0 Å². The van der Waals surface area contributed by atoms with E-state index in [1.807, 2.05) is 19.1 Å². The molecule has 1 atom stereocenters. The molecular weight excluding hydrogens is 274 g/mol. The first-order valence-electron chi connectivity index (χ1n) is 6.59. The van der Waals surface area contributed by atoms with Crippen molar-refractivity contribution in [2.45, 2.75) is 38.4 Å². The third-order valence-electron chi connectivity index (χ3n) is 3.74. The van der Waals surface area contributed by atoms with E-state index in [1.165, 1.54) is 11.8 Å². The summed E-state index contributed by atoms with van der Waals surface area (Å²) in [4.78, 5) is 19.9. The number of aryl methyl sites for hydroxylation is 1. The molecule has 0 bridgehead atoms. The van der Waals surface area contributed by atoms with Crippen LogP contribution in [0.25, 0.3) is 11.2 Å². The van der Waals surface area contributed by atoms with Gasteiger partial charge in [-0.05, 0) is 30.9 Å². The second kappa shape index (κ2) is 4.48. The number of hydrogen-bond acceptors (Lipinski definition) is 4. The Morgan fingerprint density at radius 1 is 1.50 bits per heavy atom. The quantitative estimate of drug-likeness (QED) is 0.877. The van der Waals surface area contributed by atoms with Gasteiger partial charge in [0, 0.05) is 11.7 Å².